The van der Waals surface area contributed by atoms with Gasteiger partial charge in [-0.1, -0.05) is 56.3 Å². The number of esters is 2. The molecule has 2 aromatic carbocycles. The van der Waals surface area contributed by atoms with E-state index in [0.29, 0.717) is 8.63 Å². The van der Waals surface area contributed by atoms with Gasteiger partial charge in [0.1, 0.15) is 12.6 Å². The zero-order chi connectivity index (χ0) is 29.8. The lowest BCUT2D eigenvalue weighted by atomic mass is 10.0. The van der Waals surface area contributed by atoms with Gasteiger partial charge in [-0.15, -0.1) is 0 Å². The van der Waals surface area contributed by atoms with Gasteiger partial charge in [-0.25, -0.2) is 14.4 Å². The number of benzene rings is 2. The van der Waals surface area contributed by atoms with Gasteiger partial charge in [0.2, 0.25) is 6.10 Å². The minimum Gasteiger partial charge on any atom is -0.463 e. The molecule has 0 radical (unpaired) electrons. The second kappa shape index (κ2) is 15.7. The lowest BCUT2D eigenvalue weighted by molar-refractivity contribution is -0.166. The highest BCUT2D eigenvalue weighted by Gasteiger charge is 2.30. The molecular weight excluding hydrogens is 607 g/mol. The molecule has 38 heavy (non-hydrogen) atoms. The molecule has 0 spiro atoms. The maximum Gasteiger partial charge on any atom is 0.408 e. The summed E-state index contributed by atoms with van der Waals surface area (Å²) >= 11 is 1.91. The SMILES string of the molecule is [2H]/C(=C(\[2H])N(OC)C(=O)[C@@H](NC(=O)OCc1ccccc1)C(C)C)C(OC(=O)c1ccccc1I)C(=O)OCC. The van der Waals surface area contributed by atoms with Crippen LogP contribution in [0.15, 0.2) is 66.8 Å². The average Bonchev–Trinajstić information content (AvgIpc) is 2.93. The van der Waals surface area contributed by atoms with Crippen LogP contribution in [-0.4, -0.2) is 54.9 Å². The van der Waals surface area contributed by atoms with Crippen LogP contribution in [0.25, 0.3) is 0 Å². The molecule has 0 saturated carbocycles. The summed E-state index contributed by atoms with van der Waals surface area (Å²) in [6, 6.07) is 13.3. The number of nitrogens with one attached hydrogen (secondary N) is 1. The minimum atomic E-state index is -1.97. The first kappa shape index (κ1) is 27.6. The van der Waals surface area contributed by atoms with Gasteiger partial charge in [-0.05, 0) is 59.2 Å². The minimum absolute atomic E-state index is 0.0346. The first-order valence-electron chi connectivity index (χ1n) is 12.7. The first-order chi connectivity index (χ1) is 19.0. The smallest absolute Gasteiger partial charge is 0.408 e. The van der Waals surface area contributed by atoms with E-state index >= 15 is 0 Å². The second-order valence-electron chi connectivity index (χ2n) is 8.02. The second-order valence-corrected chi connectivity index (χ2v) is 9.18. The van der Waals surface area contributed by atoms with E-state index in [-0.39, 0.29) is 18.8 Å². The summed E-state index contributed by atoms with van der Waals surface area (Å²) in [5.41, 5.74) is 0.873. The summed E-state index contributed by atoms with van der Waals surface area (Å²) < 4.78 is 32.9. The van der Waals surface area contributed by atoms with Crippen LogP contribution in [0.3, 0.4) is 0 Å². The number of ether oxygens (including phenoxy) is 3. The molecule has 0 heterocycles. The number of hydrogen-bond acceptors (Lipinski definition) is 8. The fourth-order valence-electron chi connectivity index (χ4n) is 2.99. The van der Waals surface area contributed by atoms with Crippen molar-refractivity contribution in [2.75, 3.05) is 13.7 Å². The molecule has 2 rings (SSSR count). The molecule has 2 amide bonds. The van der Waals surface area contributed by atoms with E-state index in [1.54, 1.807) is 56.3 Å². The maximum atomic E-state index is 13.3. The van der Waals surface area contributed by atoms with Crippen molar-refractivity contribution in [3.05, 3.63) is 81.5 Å². The number of halogens is 1. The van der Waals surface area contributed by atoms with E-state index in [0.717, 1.165) is 12.7 Å². The number of carbonyl (C=O) groups is 4. The fourth-order valence-corrected chi connectivity index (χ4v) is 3.60. The summed E-state index contributed by atoms with van der Waals surface area (Å²) in [4.78, 5) is 56.3. The van der Waals surface area contributed by atoms with Crippen LogP contribution in [0.4, 0.5) is 4.79 Å². The van der Waals surface area contributed by atoms with Crippen LogP contribution in [0.2, 0.25) is 0 Å². The third-order valence-electron chi connectivity index (χ3n) is 4.92. The Morgan fingerprint density at radius 3 is 2.32 bits per heavy atom. The van der Waals surface area contributed by atoms with E-state index in [4.69, 9.17) is 21.8 Å². The van der Waals surface area contributed by atoms with Crippen LogP contribution in [0.1, 0.15) is 39.4 Å². The molecule has 0 aliphatic rings. The van der Waals surface area contributed by atoms with Gasteiger partial charge in [0.25, 0.3) is 5.91 Å². The van der Waals surface area contributed by atoms with E-state index in [1.807, 2.05) is 28.7 Å². The van der Waals surface area contributed by atoms with Crippen LogP contribution in [-0.2, 0) is 35.2 Å². The van der Waals surface area contributed by atoms with Gasteiger partial charge in [-0.3, -0.25) is 9.63 Å². The van der Waals surface area contributed by atoms with Gasteiger partial charge >= 0.3 is 18.0 Å². The molecule has 204 valence electrons. The molecule has 0 fully saturated rings. The van der Waals surface area contributed by atoms with Crippen molar-refractivity contribution >= 4 is 46.5 Å². The van der Waals surface area contributed by atoms with Gasteiger partial charge < -0.3 is 19.5 Å². The molecule has 2 atom stereocenters. The Morgan fingerprint density at radius 2 is 1.71 bits per heavy atom. The van der Waals surface area contributed by atoms with Crippen molar-refractivity contribution in [2.45, 2.75) is 39.5 Å². The summed E-state index contributed by atoms with van der Waals surface area (Å²) in [7, 11) is 1.07. The molecule has 10 nitrogen and oxygen atoms in total. The van der Waals surface area contributed by atoms with Crippen molar-refractivity contribution in [1.29, 1.82) is 0 Å². The number of nitrogens with zero attached hydrogens (tertiary/aromatic N) is 1. The van der Waals surface area contributed by atoms with Gasteiger partial charge in [0.05, 0.1) is 22.0 Å². The Bertz CT molecular complexity index is 1230. The number of rotatable bonds is 12. The number of carbonyl (C=O) groups excluding carboxylic acids is 4. The maximum absolute atomic E-state index is 13.3. The highest BCUT2D eigenvalue weighted by atomic mass is 127. The number of amides is 2. The third kappa shape index (κ3) is 9.45. The molecule has 0 aromatic heterocycles. The summed E-state index contributed by atoms with van der Waals surface area (Å²) in [6.07, 6.45) is -3.75. The van der Waals surface area contributed by atoms with Crippen molar-refractivity contribution in [3.63, 3.8) is 0 Å². The zero-order valence-corrected chi connectivity index (χ0v) is 23.6. The zero-order valence-electron chi connectivity index (χ0n) is 23.4. The summed E-state index contributed by atoms with van der Waals surface area (Å²) in [5.74, 6) is -3.45. The molecule has 0 bridgehead atoms. The standard InChI is InChI=1S/C27H31IN2O8/c1-5-36-26(33)22(38-25(32)20-13-9-10-14-21(20)28)15-16-30(35-4)24(31)23(18(2)3)29-27(34)37-17-19-11-7-6-8-12-19/h6-16,18,22-23H,5,17H2,1-4H3,(H,29,34)/b16-15-/t22?,23-/m0/s1/i15D,16D. The molecule has 2 aromatic rings. The van der Waals surface area contributed by atoms with Gasteiger partial charge in [-0.2, -0.15) is 5.06 Å². The number of alkyl carbamates (subject to hydrolysis) is 1. The molecular formula is C27H31IN2O8. The Morgan fingerprint density at radius 1 is 1.05 bits per heavy atom. The van der Waals surface area contributed by atoms with Crippen molar-refractivity contribution in [2.24, 2.45) is 5.92 Å². The highest BCUT2D eigenvalue weighted by molar-refractivity contribution is 14.1. The quantitative estimate of drug-likeness (QED) is 0.159. The van der Waals surface area contributed by atoms with Crippen LogP contribution < -0.4 is 5.32 Å². The van der Waals surface area contributed by atoms with E-state index in [1.165, 1.54) is 13.0 Å². The first-order valence-corrected chi connectivity index (χ1v) is 12.7. The number of hydrogen-bond donors (Lipinski definition) is 1. The summed E-state index contributed by atoms with van der Waals surface area (Å²) in [5, 5.41) is 2.88. The van der Waals surface area contributed by atoms with Crippen molar-refractivity contribution in [3.8, 4) is 0 Å². The Labute approximate surface area is 238 Å². The lowest BCUT2D eigenvalue weighted by Gasteiger charge is -2.26. The Kier molecular flexibility index (Phi) is 11.4. The van der Waals surface area contributed by atoms with Crippen molar-refractivity contribution < 1.29 is 41.0 Å². The van der Waals surface area contributed by atoms with Gasteiger partial charge in [0.15, 0.2) is 0 Å². The van der Waals surface area contributed by atoms with E-state index in [9.17, 15) is 19.2 Å². The van der Waals surface area contributed by atoms with Gasteiger partial charge in [0, 0.05) is 9.75 Å². The Balaban J connectivity index is 2.29. The predicted octanol–water partition coefficient (Wildman–Crippen LogP) is 4.23. The summed E-state index contributed by atoms with van der Waals surface area (Å²) in [6.45, 7) is 4.69. The lowest BCUT2D eigenvalue weighted by Crippen LogP contribution is -2.49. The topological polar surface area (TPSA) is 120 Å². The average molecular weight is 640 g/mol. The molecule has 0 saturated heterocycles. The molecule has 1 N–H and O–H groups in total. The highest BCUT2D eigenvalue weighted by Crippen LogP contribution is 2.15. The monoisotopic (exact) mass is 640 g/mol. The largest absolute Gasteiger partial charge is 0.463 e. The van der Waals surface area contributed by atoms with E-state index in [2.05, 4.69) is 5.32 Å². The predicted molar refractivity (Wildman–Crippen MR) is 146 cm³/mol. The Hall–Kier alpha value is -3.45. The normalized spacial score (nSPS) is 13.7. The molecule has 0 aliphatic carbocycles. The fraction of sp³-hybridized carbons (Fsp3) is 0.333. The third-order valence-corrected chi connectivity index (χ3v) is 5.86. The van der Waals surface area contributed by atoms with E-state index < -0.39 is 54.2 Å². The van der Waals surface area contributed by atoms with Crippen LogP contribution >= 0.6 is 22.6 Å². The molecule has 0 aliphatic heterocycles. The van der Waals surface area contributed by atoms with Crippen molar-refractivity contribution in [1.82, 2.24) is 10.4 Å². The molecule has 1 unspecified atom stereocenters. The van der Waals surface area contributed by atoms with Crippen LogP contribution in [0, 0.1) is 9.49 Å². The number of hydroxylamine groups is 2. The molecule has 11 heteroatoms. The van der Waals surface area contributed by atoms with Crippen LogP contribution in [0.5, 0.6) is 0 Å².